The van der Waals surface area contributed by atoms with E-state index in [0.29, 0.717) is 5.71 Å². The molecule has 2 rings (SSSR count). The average Bonchev–Trinajstić information content (AvgIpc) is 2.61. The van der Waals surface area contributed by atoms with Crippen molar-refractivity contribution in [3.63, 3.8) is 0 Å². The number of sulfonamides is 1. The molecule has 0 unspecified atom stereocenters. The number of hydrazone groups is 1. The number of rotatable bonds is 5. The second-order valence-corrected chi connectivity index (χ2v) is 8.40. The summed E-state index contributed by atoms with van der Waals surface area (Å²) in [5, 5.41) is 4.13. The molecule has 0 saturated carbocycles. The monoisotopic (exact) mass is 373 g/mol. The van der Waals surface area contributed by atoms with Crippen molar-refractivity contribution < 1.29 is 13.2 Å². The Morgan fingerprint density at radius 2 is 1.69 bits per heavy atom. The summed E-state index contributed by atoms with van der Waals surface area (Å²) in [6, 6.07) is 11.8. The van der Waals surface area contributed by atoms with Gasteiger partial charge in [-0.2, -0.15) is 5.10 Å². The number of hydrogen-bond acceptors (Lipinski definition) is 4. The number of carbonyl (C=O) groups excluding carboxylic acids is 1. The van der Waals surface area contributed by atoms with Gasteiger partial charge in [-0.3, -0.25) is 4.79 Å². The van der Waals surface area contributed by atoms with Gasteiger partial charge in [-0.25, -0.2) is 18.1 Å². The molecule has 0 heterocycles. The molecular weight excluding hydrogens is 350 g/mol. The normalized spacial score (nSPS) is 12.3. The van der Waals surface area contributed by atoms with Crippen LogP contribution >= 0.6 is 0 Å². The van der Waals surface area contributed by atoms with Crippen LogP contribution in [0.5, 0.6) is 0 Å². The van der Waals surface area contributed by atoms with E-state index in [-0.39, 0.29) is 10.5 Å². The van der Waals surface area contributed by atoms with Gasteiger partial charge >= 0.3 is 0 Å². The van der Waals surface area contributed by atoms with Crippen LogP contribution in [0.4, 0.5) is 0 Å². The van der Waals surface area contributed by atoms with Crippen LogP contribution in [0, 0.1) is 13.8 Å². The Bertz CT molecular complexity index is 964. The fourth-order valence-corrected chi connectivity index (χ4v) is 3.19. The largest absolute Gasteiger partial charge is 0.271 e. The summed E-state index contributed by atoms with van der Waals surface area (Å²) in [4.78, 5) is 12.4. The van der Waals surface area contributed by atoms with Gasteiger partial charge in [-0.15, -0.1) is 0 Å². The maximum Gasteiger partial charge on any atom is 0.271 e. The zero-order chi connectivity index (χ0) is 19.5. The minimum atomic E-state index is -3.60. The first kappa shape index (κ1) is 19.8. The summed E-state index contributed by atoms with van der Waals surface area (Å²) in [5.74, 6) is -0.469. The Morgan fingerprint density at radius 3 is 2.31 bits per heavy atom. The number of hydrogen-bond donors (Lipinski definition) is 1. The lowest BCUT2D eigenvalue weighted by Gasteiger charge is -2.12. The van der Waals surface area contributed by atoms with Crippen LogP contribution in [0.3, 0.4) is 0 Å². The third-order valence-electron chi connectivity index (χ3n) is 4.12. The predicted octanol–water partition coefficient (Wildman–Crippen LogP) is 2.71. The fraction of sp³-hybridized carbons (Fsp3) is 0.263. The molecule has 138 valence electrons. The van der Waals surface area contributed by atoms with Gasteiger partial charge in [0.05, 0.1) is 10.6 Å². The second kappa shape index (κ2) is 7.80. The molecule has 0 atom stereocenters. The molecule has 2 aromatic rings. The van der Waals surface area contributed by atoms with Gasteiger partial charge < -0.3 is 0 Å². The molecule has 26 heavy (non-hydrogen) atoms. The van der Waals surface area contributed by atoms with Gasteiger partial charge in [0.1, 0.15) is 0 Å². The van der Waals surface area contributed by atoms with E-state index in [2.05, 4.69) is 10.5 Å². The van der Waals surface area contributed by atoms with E-state index in [4.69, 9.17) is 0 Å². The Balaban J connectivity index is 2.21. The van der Waals surface area contributed by atoms with Gasteiger partial charge in [0.2, 0.25) is 10.0 Å². The van der Waals surface area contributed by atoms with Crippen LogP contribution in [-0.2, 0) is 10.0 Å². The molecule has 0 radical (unpaired) electrons. The maximum atomic E-state index is 12.3. The molecule has 1 amide bonds. The molecular formula is C19H23N3O3S. The standard InChI is InChI=1S/C19H23N3O3S/c1-13-9-10-16(11-14(13)2)15(3)20-21-19(23)17-7-6-8-18(12-17)26(24,25)22(4)5/h6-12H,1-5H3,(H,21,23)/b20-15-. The van der Waals surface area contributed by atoms with Crippen molar-refractivity contribution in [3.8, 4) is 0 Å². The zero-order valence-corrected chi connectivity index (χ0v) is 16.4. The van der Waals surface area contributed by atoms with Crippen molar-refractivity contribution in [1.29, 1.82) is 0 Å². The first-order valence-corrected chi connectivity index (χ1v) is 9.52. The first-order chi connectivity index (χ1) is 12.1. The minimum absolute atomic E-state index is 0.0602. The molecule has 0 aliphatic heterocycles. The maximum absolute atomic E-state index is 12.3. The van der Waals surface area contributed by atoms with Gasteiger partial charge in [-0.1, -0.05) is 18.2 Å². The van der Waals surface area contributed by atoms with Crippen molar-refractivity contribution in [2.45, 2.75) is 25.7 Å². The second-order valence-electron chi connectivity index (χ2n) is 6.25. The van der Waals surface area contributed by atoms with Crippen molar-refractivity contribution in [2.24, 2.45) is 5.10 Å². The Morgan fingerprint density at radius 1 is 1.00 bits per heavy atom. The molecule has 0 aromatic heterocycles. The van der Waals surface area contributed by atoms with Crippen molar-refractivity contribution in [1.82, 2.24) is 9.73 Å². The summed E-state index contributed by atoms with van der Waals surface area (Å²) < 4.78 is 25.5. The summed E-state index contributed by atoms with van der Waals surface area (Å²) >= 11 is 0. The molecule has 1 N–H and O–H groups in total. The number of carbonyl (C=O) groups is 1. The van der Waals surface area contributed by atoms with E-state index in [1.54, 1.807) is 13.0 Å². The van der Waals surface area contributed by atoms with E-state index in [9.17, 15) is 13.2 Å². The first-order valence-electron chi connectivity index (χ1n) is 8.08. The number of benzene rings is 2. The zero-order valence-electron chi connectivity index (χ0n) is 15.6. The van der Waals surface area contributed by atoms with E-state index < -0.39 is 15.9 Å². The van der Waals surface area contributed by atoms with E-state index in [0.717, 1.165) is 15.4 Å². The van der Waals surface area contributed by atoms with Crippen LogP contribution < -0.4 is 5.43 Å². The van der Waals surface area contributed by atoms with Crippen molar-refractivity contribution in [2.75, 3.05) is 14.1 Å². The smallest absolute Gasteiger partial charge is 0.267 e. The summed E-state index contributed by atoms with van der Waals surface area (Å²) in [6.07, 6.45) is 0. The molecule has 6 nitrogen and oxygen atoms in total. The van der Waals surface area contributed by atoms with Gasteiger partial charge in [0.15, 0.2) is 0 Å². The lowest BCUT2D eigenvalue weighted by atomic mass is 10.0. The highest BCUT2D eigenvalue weighted by Crippen LogP contribution is 2.15. The summed E-state index contributed by atoms with van der Waals surface area (Å²) in [7, 11) is -0.711. The van der Waals surface area contributed by atoms with Crippen LogP contribution in [0.2, 0.25) is 0 Å². The van der Waals surface area contributed by atoms with E-state index >= 15 is 0 Å². The molecule has 0 fully saturated rings. The predicted molar refractivity (Wildman–Crippen MR) is 103 cm³/mol. The molecule has 7 heteroatoms. The minimum Gasteiger partial charge on any atom is -0.267 e. The number of nitrogens with one attached hydrogen (secondary N) is 1. The Kier molecular flexibility index (Phi) is 5.94. The summed E-state index contributed by atoms with van der Waals surface area (Å²) in [6.45, 7) is 5.85. The number of nitrogens with zero attached hydrogens (tertiary/aromatic N) is 2. The van der Waals surface area contributed by atoms with Gasteiger partial charge in [0.25, 0.3) is 5.91 Å². The number of amides is 1. The quantitative estimate of drug-likeness (QED) is 0.646. The third kappa shape index (κ3) is 4.36. The highest BCUT2D eigenvalue weighted by molar-refractivity contribution is 7.89. The lowest BCUT2D eigenvalue weighted by Crippen LogP contribution is -2.23. The van der Waals surface area contributed by atoms with Crippen molar-refractivity contribution in [3.05, 3.63) is 64.7 Å². The van der Waals surface area contributed by atoms with Crippen LogP contribution in [-0.4, -0.2) is 38.4 Å². The Labute approximate surface area is 154 Å². The molecule has 0 spiro atoms. The lowest BCUT2D eigenvalue weighted by molar-refractivity contribution is 0.0954. The van der Waals surface area contributed by atoms with Gasteiger partial charge in [-0.05, 0) is 61.7 Å². The molecule has 0 bridgehead atoms. The molecule has 0 aliphatic carbocycles. The topological polar surface area (TPSA) is 78.8 Å². The molecule has 0 aliphatic rings. The SMILES string of the molecule is C/C(=N/NC(=O)c1cccc(S(=O)(=O)N(C)C)c1)c1ccc(C)c(C)c1. The average molecular weight is 373 g/mol. The van der Waals surface area contributed by atoms with Gasteiger partial charge in [0, 0.05) is 19.7 Å². The summed E-state index contributed by atoms with van der Waals surface area (Å²) in [5.41, 5.74) is 6.61. The van der Waals surface area contributed by atoms with Crippen LogP contribution in [0.25, 0.3) is 0 Å². The van der Waals surface area contributed by atoms with Crippen molar-refractivity contribution >= 4 is 21.6 Å². The Hall–Kier alpha value is -2.51. The molecule has 0 saturated heterocycles. The number of aryl methyl sites for hydroxylation is 2. The molecule has 2 aromatic carbocycles. The highest BCUT2D eigenvalue weighted by atomic mass is 32.2. The van der Waals surface area contributed by atoms with Crippen LogP contribution in [0.15, 0.2) is 52.5 Å². The van der Waals surface area contributed by atoms with E-state index in [1.807, 2.05) is 32.0 Å². The van der Waals surface area contributed by atoms with Crippen LogP contribution in [0.1, 0.15) is 34.0 Å². The third-order valence-corrected chi connectivity index (χ3v) is 5.94. The van der Waals surface area contributed by atoms with E-state index in [1.165, 1.54) is 37.9 Å². The fourth-order valence-electron chi connectivity index (χ4n) is 2.24. The highest BCUT2D eigenvalue weighted by Gasteiger charge is 2.18.